The molecule has 1 heterocycles. The summed E-state index contributed by atoms with van der Waals surface area (Å²) in [6, 6.07) is 1.67. The molecule has 1 aromatic rings. The Morgan fingerprint density at radius 2 is 2.06 bits per heavy atom. The van der Waals surface area contributed by atoms with Crippen molar-refractivity contribution in [2.24, 2.45) is 5.41 Å². The van der Waals surface area contributed by atoms with Crippen molar-refractivity contribution in [1.29, 1.82) is 0 Å². The third kappa shape index (κ3) is 4.71. The Morgan fingerprint density at radius 3 is 2.62 bits per heavy atom. The number of aromatic nitrogens is 1. The van der Waals surface area contributed by atoms with Crippen molar-refractivity contribution >= 4 is 0 Å². The zero-order valence-electron chi connectivity index (χ0n) is 10.5. The molecule has 0 radical (unpaired) electrons. The van der Waals surface area contributed by atoms with E-state index in [1.165, 1.54) is 12.3 Å². The van der Waals surface area contributed by atoms with Crippen LogP contribution >= 0.6 is 0 Å². The van der Waals surface area contributed by atoms with Gasteiger partial charge in [0.25, 0.3) is 0 Å². The summed E-state index contributed by atoms with van der Waals surface area (Å²) in [5.41, 5.74) is 1.22. The smallest absolute Gasteiger partial charge is 0.141 e. The highest BCUT2D eigenvalue weighted by atomic mass is 19.1. The highest BCUT2D eigenvalue weighted by molar-refractivity contribution is 5.14. The van der Waals surface area contributed by atoms with Gasteiger partial charge in [0, 0.05) is 12.2 Å². The van der Waals surface area contributed by atoms with Gasteiger partial charge in [-0.05, 0) is 36.9 Å². The molecule has 2 nitrogen and oxygen atoms in total. The van der Waals surface area contributed by atoms with Gasteiger partial charge in [0.15, 0.2) is 0 Å². The average molecular weight is 224 g/mol. The lowest BCUT2D eigenvalue weighted by Gasteiger charge is -2.20. The number of halogens is 1. The highest BCUT2D eigenvalue weighted by Gasteiger charge is 2.11. The van der Waals surface area contributed by atoms with Crippen molar-refractivity contribution in [3.05, 3.63) is 29.8 Å². The monoisotopic (exact) mass is 224 g/mol. The minimum atomic E-state index is -0.276. The summed E-state index contributed by atoms with van der Waals surface area (Å²) in [5, 5.41) is 3.38. The summed E-state index contributed by atoms with van der Waals surface area (Å²) < 4.78 is 12.9. The van der Waals surface area contributed by atoms with E-state index in [9.17, 15) is 4.39 Å². The summed E-state index contributed by atoms with van der Waals surface area (Å²) in [7, 11) is 0. The first-order chi connectivity index (χ1) is 7.38. The fraction of sp³-hybridized carbons (Fsp3) is 0.615. The molecule has 1 aromatic heterocycles. The molecule has 0 aliphatic heterocycles. The van der Waals surface area contributed by atoms with Crippen LogP contribution in [0.25, 0.3) is 0 Å². The average Bonchev–Trinajstić information content (AvgIpc) is 2.15. The molecular weight excluding hydrogens is 203 g/mol. The Morgan fingerprint density at radius 1 is 1.38 bits per heavy atom. The molecule has 16 heavy (non-hydrogen) atoms. The Labute approximate surface area is 97.3 Å². The van der Waals surface area contributed by atoms with Crippen LogP contribution in [0.15, 0.2) is 18.5 Å². The zero-order chi connectivity index (χ0) is 12.2. The molecule has 90 valence electrons. The first-order valence-corrected chi connectivity index (χ1v) is 5.72. The van der Waals surface area contributed by atoms with Crippen LogP contribution in [0.1, 0.15) is 45.7 Å². The van der Waals surface area contributed by atoms with Crippen molar-refractivity contribution in [2.45, 2.75) is 40.2 Å². The fourth-order valence-corrected chi connectivity index (χ4v) is 1.45. The van der Waals surface area contributed by atoms with E-state index in [4.69, 9.17) is 0 Å². The first-order valence-electron chi connectivity index (χ1n) is 5.72. The maximum atomic E-state index is 12.9. The van der Waals surface area contributed by atoms with Gasteiger partial charge in [0.05, 0.1) is 6.20 Å². The molecule has 0 aliphatic rings. The molecule has 0 aliphatic carbocycles. The van der Waals surface area contributed by atoms with E-state index in [1.54, 1.807) is 6.20 Å². The summed E-state index contributed by atoms with van der Waals surface area (Å²) >= 11 is 0. The van der Waals surface area contributed by atoms with Crippen LogP contribution in [0.3, 0.4) is 0 Å². The van der Waals surface area contributed by atoms with Gasteiger partial charge in [0.1, 0.15) is 5.82 Å². The third-order valence-corrected chi connectivity index (χ3v) is 2.55. The second-order valence-corrected chi connectivity index (χ2v) is 5.42. The van der Waals surface area contributed by atoms with Crippen LogP contribution < -0.4 is 5.32 Å². The Kier molecular flexibility index (Phi) is 4.42. The molecule has 0 saturated heterocycles. The van der Waals surface area contributed by atoms with E-state index >= 15 is 0 Å². The Hall–Kier alpha value is -0.960. The summed E-state index contributed by atoms with van der Waals surface area (Å²) in [5.74, 6) is -0.276. The first kappa shape index (κ1) is 13.1. The number of rotatable bonds is 4. The van der Waals surface area contributed by atoms with Gasteiger partial charge in [0.2, 0.25) is 0 Å². The zero-order valence-corrected chi connectivity index (χ0v) is 10.5. The number of nitrogens with zero attached hydrogens (tertiary/aromatic N) is 1. The van der Waals surface area contributed by atoms with E-state index in [2.05, 4.69) is 31.1 Å². The van der Waals surface area contributed by atoms with Gasteiger partial charge in [-0.2, -0.15) is 0 Å². The van der Waals surface area contributed by atoms with Crippen LogP contribution in [0, 0.1) is 11.2 Å². The number of hydrogen-bond donors (Lipinski definition) is 1. The molecule has 1 unspecified atom stereocenters. The second-order valence-electron chi connectivity index (χ2n) is 5.42. The van der Waals surface area contributed by atoms with Gasteiger partial charge < -0.3 is 5.32 Å². The van der Waals surface area contributed by atoms with E-state index < -0.39 is 0 Å². The van der Waals surface area contributed by atoms with E-state index in [-0.39, 0.29) is 11.9 Å². The molecule has 1 rings (SSSR count). The summed E-state index contributed by atoms with van der Waals surface area (Å²) in [4.78, 5) is 3.85. The minimum Gasteiger partial charge on any atom is -0.310 e. The SMILES string of the molecule is CC(NCCC(C)(C)C)c1cncc(F)c1. The van der Waals surface area contributed by atoms with Crippen molar-refractivity contribution in [1.82, 2.24) is 10.3 Å². The number of hydrogen-bond acceptors (Lipinski definition) is 2. The van der Waals surface area contributed by atoms with Crippen LogP contribution in [-0.4, -0.2) is 11.5 Å². The molecule has 1 atom stereocenters. The Balaban J connectivity index is 2.44. The van der Waals surface area contributed by atoms with Gasteiger partial charge in [-0.15, -0.1) is 0 Å². The van der Waals surface area contributed by atoms with Crippen molar-refractivity contribution in [3.63, 3.8) is 0 Å². The van der Waals surface area contributed by atoms with E-state index in [0.717, 1.165) is 18.5 Å². The molecule has 0 spiro atoms. The maximum Gasteiger partial charge on any atom is 0.141 e. The molecule has 0 aromatic carbocycles. The number of pyridine rings is 1. The summed E-state index contributed by atoms with van der Waals surface area (Å²) in [6.07, 6.45) is 4.03. The largest absolute Gasteiger partial charge is 0.310 e. The van der Waals surface area contributed by atoms with Gasteiger partial charge in [-0.3, -0.25) is 4.98 Å². The predicted octanol–water partition coefficient (Wildman–Crippen LogP) is 3.31. The van der Waals surface area contributed by atoms with Crippen molar-refractivity contribution in [2.75, 3.05) is 6.54 Å². The third-order valence-electron chi connectivity index (χ3n) is 2.55. The fourth-order valence-electron chi connectivity index (χ4n) is 1.45. The van der Waals surface area contributed by atoms with Gasteiger partial charge in [-0.1, -0.05) is 20.8 Å². The van der Waals surface area contributed by atoms with Crippen LogP contribution in [-0.2, 0) is 0 Å². The topological polar surface area (TPSA) is 24.9 Å². The van der Waals surface area contributed by atoms with Crippen LogP contribution in [0.2, 0.25) is 0 Å². The molecular formula is C13H21FN2. The van der Waals surface area contributed by atoms with Crippen LogP contribution in [0.4, 0.5) is 4.39 Å². The molecule has 0 saturated carbocycles. The van der Waals surface area contributed by atoms with Crippen molar-refractivity contribution in [3.8, 4) is 0 Å². The number of nitrogens with one attached hydrogen (secondary N) is 1. The molecule has 0 fully saturated rings. The van der Waals surface area contributed by atoms with E-state index in [1.807, 2.05) is 6.92 Å². The van der Waals surface area contributed by atoms with Gasteiger partial charge >= 0.3 is 0 Å². The second kappa shape index (κ2) is 5.39. The lowest BCUT2D eigenvalue weighted by atomic mass is 9.92. The van der Waals surface area contributed by atoms with Gasteiger partial charge in [-0.25, -0.2) is 4.39 Å². The normalized spacial score (nSPS) is 13.8. The highest BCUT2D eigenvalue weighted by Crippen LogP contribution is 2.18. The lowest BCUT2D eigenvalue weighted by molar-refractivity contribution is 0.357. The van der Waals surface area contributed by atoms with Crippen molar-refractivity contribution < 1.29 is 4.39 Å². The Bertz CT molecular complexity index is 331. The molecule has 0 amide bonds. The van der Waals surface area contributed by atoms with E-state index in [0.29, 0.717) is 5.41 Å². The quantitative estimate of drug-likeness (QED) is 0.848. The lowest BCUT2D eigenvalue weighted by Crippen LogP contribution is -2.23. The van der Waals surface area contributed by atoms with Crippen LogP contribution in [0.5, 0.6) is 0 Å². The molecule has 1 N–H and O–H groups in total. The minimum absolute atomic E-state index is 0.144. The summed E-state index contributed by atoms with van der Waals surface area (Å²) in [6.45, 7) is 9.59. The molecule has 3 heteroatoms. The standard InChI is InChI=1S/C13H21FN2/c1-10(16-6-5-13(2,3)4)11-7-12(14)9-15-8-11/h7-10,16H,5-6H2,1-4H3. The molecule has 0 bridgehead atoms. The predicted molar refractivity (Wildman–Crippen MR) is 64.7 cm³/mol. The maximum absolute atomic E-state index is 12.9.